The molecule has 0 radical (unpaired) electrons. The number of allylic oxidation sites excluding steroid dienone is 2. The van der Waals surface area contributed by atoms with Crippen molar-refractivity contribution in [2.45, 2.75) is 13.8 Å². The molecule has 0 aliphatic carbocycles. The van der Waals surface area contributed by atoms with Gasteiger partial charge in [0.25, 0.3) is 0 Å². The number of nitrogens with two attached hydrogens (primary N) is 1. The van der Waals surface area contributed by atoms with Gasteiger partial charge in [0, 0.05) is 6.54 Å². The summed E-state index contributed by atoms with van der Waals surface area (Å²) in [6, 6.07) is 5.83. The van der Waals surface area contributed by atoms with Crippen molar-refractivity contribution in [2.75, 3.05) is 13.3 Å². The van der Waals surface area contributed by atoms with Crippen molar-refractivity contribution in [3.63, 3.8) is 0 Å². The summed E-state index contributed by atoms with van der Waals surface area (Å²) < 4.78 is 10.6. The number of rotatable bonds is 4. The van der Waals surface area contributed by atoms with Gasteiger partial charge in [-0.1, -0.05) is 50.8 Å². The van der Waals surface area contributed by atoms with Gasteiger partial charge in [0.2, 0.25) is 6.79 Å². The molecule has 1 aromatic carbocycles. The van der Waals surface area contributed by atoms with Gasteiger partial charge in [-0.25, -0.2) is 0 Å². The van der Waals surface area contributed by atoms with Crippen LogP contribution in [0, 0.1) is 0 Å². The van der Waals surface area contributed by atoms with E-state index in [0.29, 0.717) is 13.3 Å². The molecule has 0 amide bonds. The first-order valence-electron chi connectivity index (χ1n) is 6.43. The molecule has 19 heavy (non-hydrogen) atoms. The summed E-state index contributed by atoms with van der Waals surface area (Å²) in [7, 11) is 0. The van der Waals surface area contributed by atoms with E-state index in [1.807, 2.05) is 50.3 Å². The van der Waals surface area contributed by atoms with Crippen molar-refractivity contribution >= 4 is 6.08 Å². The Hall–Kier alpha value is -2.00. The Morgan fingerprint density at radius 3 is 2.74 bits per heavy atom. The number of benzene rings is 1. The molecule has 1 heterocycles. The van der Waals surface area contributed by atoms with Crippen LogP contribution in [-0.4, -0.2) is 13.3 Å². The SMILES string of the molecule is C=C/C=C(/C=C/c1ccc2c(c1)OCO2)CN.CC. The van der Waals surface area contributed by atoms with Crippen molar-refractivity contribution in [1.29, 1.82) is 0 Å². The monoisotopic (exact) mass is 259 g/mol. The topological polar surface area (TPSA) is 44.5 Å². The third-order valence-corrected chi connectivity index (χ3v) is 2.45. The maximum absolute atomic E-state index is 5.60. The van der Waals surface area contributed by atoms with Crippen LogP contribution in [0.5, 0.6) is 11.5 Å². The average Bonchev–Trinajstić information content (AvgIpc) is 2.93. The number of hydrogen-bond acceptors (Lipinski definition) is 3. The molecule has 3 nitrogen and oxygen atoms in total. The van der Waals surface area contributed by atoms with E-state index in [-0.39, 0.29) is 0 Å². The Morgan fingerprint density at radius 2 is 2.05 bits per heavy atom. The Morgan fingerprint density at radius 1 is 1.32 bits per heavy atom. The van der Waals surface area contributed by atoms with Gasteiger partial charge >= 0.3 is 0 Å². The van der Waals surface area contributed by atoms with Gasteiger partial charge in [0.1, 0.15) is 0 Å². The van der Waals surface area contributed by atoms with Crippen LogP contribution in [0.3, 0.4) is 0 Å². The fourth-order valence-corrected chi connectivity index (χ4v) is 1.56. The molecule has 1 aromatic rings. The second-order valence-corrected chi connectivity index (χ2v) is 3.63. The minimum atomic E-state index is 0.299. The van der Waals surface area contributed by atoms with Crippen LogP contribution in [0.25, 0.3) is 6.08 Å². The number of ether oxygens (including phenoxy) is 2. The van der Waals surface area contributed by atoms with E-state index in [0.717, 1.165) is 22.6 Å². The Balaban J connectivity index is 0.000000861. The van der Waals surface area contributed by atoms with Crippen LogP contribution in [0.4, 0.5) is 0 Å². The Labute approximate surface area is 115 Å². The molecule has 1 aliphatic rings. The standard InChI is InChI=1S/C14H15NO2.C2H6/c1-2-3-12(9-15)5-4-11-6-7-13-14(8-11)17-10-16-13;1-2/h2-8H,1,9-10,15H2;1-2H3/b5-4+,12-3-;. The van der Waals surface area contributed by atoms with Crippen molar-refractivity contribution in [3.8, 4) is 11.5 Å². The van der Waals surface area contributed by atoms with E-state index < -0.39 is 0 Å². The van der Waals surface area contributed by atoms with Crippen molar-refractivity contribution in [2.24, 2.45) is 5.73 Å². The molecule has 0 atom stereocenters. The van der Waals surface area contributed by atoms with Crippen LogP contribution in [-0.2, 0) is 0 Å². The van der Waals surface area contributed by atoms with E-state index in [9.17, 15) is 0 Å². The highest BCUT2D eigenvalue weighted by Gasteiger charge is 2.11. The molecule has 102 valence electrons. The normalized spacial score (nSPS) is 13.1. The maximum atomic E-state index is 5.60. The highest BCUT2D eigenvalue weighted by atomic mass is 16.7. The molecule has 2 N–H and O–H groups in total. The highest BCUT2D eigenvalue weighted by molar-refractivity contribution is 5.58. The van der Waals surface area contributed by atoms with Crippen LogP contribution < -0.4 is 15.2 Å². The molecule has 0 bridgehead atoms. The first-order valence-corrected chi connectivity index (χ1v) is 6.43. The molecular formula is C16H21NO2. The smallest absolute Gasteiger partial charge is 0.231 e. The fourth-order valence-electron chi connectivity index (χ4n) is 1.56. The quantitative estimate of drug-likeness (QED) is 0.841. The molecule has 0 saturated heterocycles. The lowest BCUT2D eigenvalue weighted by atomic mass is 10.1. The average molecular weight is 259 g/mol. The summed E-state index contributed by atoms with van der Waals surface area (Å²) in [5, 5.41) is 0. The van der Waals surface area contributed by atoms with Crippen LogP contribution in [0.15, 0.2) is 48.6 Å². The van der Waals surface area contributed by atoms with Crippen LogP contribution in [0.1, 0.15) is 19.4 Å². The fraction of sp³-hybridized carbons (Fsp3) is 0.250. The molecular weight excluding hydrogens is 238 g/mol. The van der Waals surface area contributed by atoms with Gasteiger partial charge in [-0.3, -0.25) is 0 Å². The summed E-state index contributed by atoms with van der Waals surface area (Å²) in [5.74, 6) is 1.58. The molecule has 0 aromatic heterocycles. The van der Waals surface area contributed by atoms with Gasteiger partial charge in [-0.15, -0.1) is 0 Å². The van der Waals surface area contributed by atoms with Crippen molar-refractivity contribution < 1.29 is 9.47 Å². The summed E-state index contributed by atoms with van der Waals surface area (Å²) in [4.78, 5) is 0. The minimum Gasteiger partial charge on any atom is -0.454 e. The summed E-state index contributed by atoms with van der Waals surface area (Å²) >= 11 is 0. The molecule has 0 unspecified atom stereocenters. The Bertz CT molecular complexity index is 476. The predicted molar refractivity (Wildman–Crippen MR) is 80.3 cm³/mol. The second kappa shape index (κ2) is 8.16. The van der Waals surface area contributed by atoms with Gasteiger partial charge in [0.15, 0.2) is 11.5 Å². The first kappa shape index (κ1) is 15.1. The van der Waals surface area contributed by atoms with Crippen LogP contribution in [0.2, 0.25) is 0 Å². The third kappa shape index (κ3) is 4.30. The maximum Gasteiger partial charge on any atom is 0.231 e. The lowest BCUT2D eigenvalue weighted by Gasteiger charge is -1.98. The molecule has 2 rings (SSSR count). The number of hydrogen-bond donors (Lipinski definition) is 1. The summed E-state index contributed by atoms with van der Waals surface area (Å²) in [6.07, 6.45) is 7.58. The summed E-state index contributed by atoms with van der Waals surface area (Å²) in [6.45, 7) is 8.44. The third-order valence-electron chi connectivity index (χ3n) is 2.45. The predicted octanol–water partition coefficient (Wildman–Crippen LogP) is 3.53. The van der Waals surface area contributed by atoms with E-state index in [1.54, 1.807) is 6.08 Å². The summed E-state index contributed by atoms with van der Waals surface area (Å²) in [5.41, 5.74) is 7.68. The van der Waals surface area contributed by atoms with Crippen LogP contribution >= 0.6 is 0 Å². The molecule has 3 heteroatoms. The van der Waals surface area contributed by atoms with Gasteiger partial charge in [-0.05, 0) is 23.3 Å². The minimum absolute atomic E-state index is 0.299. The lowest BCUT2D eigenvalue weighted by Crippen LogP contribution is -2.00. The van der Waals surface area contributed by atoms with E-state index >= 15 is 0 Å². The second-order valence-electron chi connectivity index (χ2n) is 3.63. The van der Waals surface area contributed by atoms with E-state index in [1.165, 1.54) is 0 Å². The van der Waals surface area contributed by atoms with E-state index in [4.69, 9.17) is 15.2 Å². The zero-order valence-corrected chi connectivity index (χ0v) is 11.6. The van der Waals surface area contributed by atoms with Gasteiger partial charge < -0.3 is 15.2 Å². The molecule has 1 aliphatic heterocycles. The van der Waals surface area contributed by atoms with Crippen molar-refractivity contribution in [1.82, 2.24) is 0 Å². The molecule has 0 fully saturated rings. The Kier molecular flexibility index (Phi) is 6.47. The van der Waals surface area contributed by atoms with Gasteiger partial charge in [0.05, 0.1) is 0 Å². The van der Waals surface area contributed by atoms with Gasteiger partial charge in [-0.2, -0.15) is 0 Å². The van der Waals surface area contributed by atoms with E-state index in [2.05, 4.69) is 6.58 Å². The van der Waals surface area contributed by atoms with Crippen molar-refractivity contribution in [3.05, 3.63) is 54.1 Å². The first-order chi connectivity index (χ1) is 9.33. The largest absolute Gasteiger partial charge is 0.454 e. The highest BCUT2D eigenvalue weighted by Crippen LogP contribution is 2.32. The number of fused-ring (bicyclic) bond motifs is 1. The molecule has 0 saturated carbocycles. The molecule has 0 spiro atoms. The zero-order chi connectivity index (χ0) is 14.1. The lowest BCUT2D eigenvalue weighted by molar-refractivity contribution is 0.174. The zero-order valence-electron chi connectivity index (χ0n) is 11.6.